The Morgan fingerprint density at radius 2 is 1.24 bits per heavy atom. The van der Waals surface area contributed by atoms with E-state index in [1.54, 1.807) is 0 Å². The Kier molecular flexibility index (Phi) is 13.3. The lowest BCUT2D eigenvalue weighted by Crippen LogP contribution is -2.47. The summed E-state index contributed by atoms with van der Waals surface area (Å²) in [6.45, 7) is 5.33. The van der Waals surface area contributed by atoms with Gasteiger partial charge in [0.1, 0.15) is 13.2 Å². The van der Waals surface area contributed by atoms with Gasteiger partial charge in [0.2, 0.25) is 0 Å². The quantitative estimate of drug-likeness (QED) is 0.329. The molecule has 4 heteroatoms. The van der Waals surface area contributed by atoms with Crippen molar-refractivity contribution in [2.45, 2.75) is 110 Å². The Morgan fingerprint density at radius 1 is 0.760 bits per heavy atom. The minimum atomic E-state index is -0.971. The third kappa shape index (κ3) is 11.0. The second kappa shape index (κ2) is 14.7. The first kappa shape index (κ1) is 22.6. The van der Waals surface area contributed by atoms with E-state index in [1.807, 2.05) is 0 Å². The summed E-state index contributed by atoms with van der Waals surface area (Å²) in [7, 11) is 0. The number of carbonyl (C=O) groups is 1. The van der Waals surface area contributed by atoms with Crippen LogP contribution in [0.1, 0.15) is 104 Å². The third-order valence-corrected chi connectivity index (χ3v) is 4.81. The van der Waals surface area contributed by atoms with Gasteiger partial charge in [-0.05, 0) is 12.8 Å². The van der Waals surface area contributed by atoms with E-state index in [9.17, 15) is 4.79 Å². The number of unbranched alkanes of at least 4 members (excludes halogenated alkanes) is 11. The van der Waals surface area contributed by atoms with Crippen LogP contribution in [-0.2, 0) is 19.0 Å². The van der Waals surface area contributed by atoms with Gasteiger partial charge in [0.25, 0.3) is 5.97 Å². The van der Waals surface area contributed by atoms with E-state index in [0.29, 0.717) is 6.61 Å². The lowest BCUT2D eigenvalue weighted by molar-refractivity contribution is -0.389. The van der Waals surface area contributed by atoms with Crippen molar-refractivity contribution in [2.75, 3.05) is 19.8 Å². The zero-order valence-electron chi connectivity index (χ0n) is 16.7. The Labute approximate surface area is 155 Å². The van der Waals surface area contributed by atoms with Crippen molar-refractivity contribution in [1.29, 1.82) is 0 Å². The third-order valence-electron chi connectivity index (χ3n) is 4.81. The summed E-state index contributed by atoms with van der Waals surface area (Å²) < 4.78 is 17.3. The Hall–Kier alpha value is -0.450. The fraction of sp³-hybridized carbons (Fsp3) is 0.952. The first-order chi connectivity index (χ1) is 12.2. The molecule has 0 N–H and O–H groups in total. The van der Waals surface area contributed by atoms with E-state index in [-0.39, 0.29) is 19.0 Å². The molecule has 0 aliphatic carbocycles. The number of ketones is 1. The Morgan fingerprint density at radius 3 is 1.80 bits per heavy atom. The molecular weight excluding hydrogens is 316 g/mol. The monoisotopic (exact) mass is 356 g/mol. The summed E-state index contributed by atoms with van der Waals surface area (Å²) in [6, 6.07) is 0. The molecule has 0 radical (unpaired) electrons. The fourth-order valence-corrected chi connectivity index (χ4v) is 3.17. The van der Waals surface area contributed by atoms with E-state index < -0.39 is 5.97 Å². The minimum Gasteiger partial charge on any atom is -0.327 e. The Balaban J connectivity index is 2.16. The summed E-state index contributed by atoms with van der Waals surface area (Å²) in [5, 5.41) is 0. The molecule has 0 bridgehead atoms. The molecule has 0 amide bonds. The van der Waals surface area contributed by atoms with Crippen LogP contribution in [0.25, 0.3) is 0 Å². The van der Waals surface area contributed by atoms with Gasteiger partial charge in [-0.1, -0.05) is 84.5 Å². The first-order valence-electron chi connectivity index (χ1n) is 10.7. The minimum absolute atomic E-state index is 0.00251. The smallest absolute Gasteiger partial charge is 0.283 e. The molecule has 0 aromatic carbocycles. The molecule has 1 saturated heterocycles. The molecule has 148 valence electrons. The van der Waals surface area contributed by atoms with Crippen LogP contribution >= 0.6 is 0 Å². The van der Waals surface area contributed by atoms with Gasteiger partial charge in [-0.25, -0.2) is 0 Å². The molecule has 25 heavy (non-hydrogen) atoms. The number of rotatable bonds is 16. The van der Waals surface area contributed by atoms with Crippen molar-refractivity contribution in [3.63, 3.8) is 0 Å². The molecule has 0 spiro atoms. The highest BCUT2D eigenvalue weighted by molar-refractivity contribution is 5.81. The topological polar surface area (TPSA) is 44.8 Å². The summed E-state index contributed by atoms with van der Waals surface area (Å²) in [5.41, 5.74) is 0. The summed E-state index contributed by atoms with van der Waals surface area (Å²) in [5.74, 6) is -0.973. The molecule has 1 aliphatic rings. The van der Waals surface area contributed by atoms with Crippen LogP contribution in [0.5, 0.6) is 0 Å². The van der Waals surface area contributed by atoms with Crippen LogP contribution in [0, 0.1) is 0 Å². The normalized spacial score (nSPS) is 17.1. The molecule has 0 saturated carbocycles. The maximum atomic E-state index is 11.4. The number of hydrogen-bond acceptors (Lipinski definition) is 4. The average Bonchev–Trinajstić information content (AvgIpc) is 2.62. The van der Waals surface area contributed by atoms with Crippen LogP contribution in [0.2, 0.25) is 0 Å². The average molecular weight is 357 g/mol. The van der Waals surface area contributed by atoms with Crippen molar-refractivity contribution >= 4 is 5.78 Å². The molecule has 1 fully saturated rings. The highest BCUT2D eigenvalue weighted by atomic mass is 16.9. The molecule has 1 aliphatic heterocycles. The van der Waals surface area contributed by atoms with Crippen molar-refractivity contribution < 1.29 is 19.0 Å². The van der Waals surface area contributed by atoms with E-state index in [1.165, 1.54) is 70.6 Å². The van der Waals surface area contributed by atoms with E-state index >= 15 is 0 Å². The van der Waals surface area contributed by atoms with Gasteiger partial charge < -0.3 is 14.2 Å². The number of ether oxygens (including phenoxy) is 3. The predicted molar refractivity (Wildman–Crippen MR) is 102 cm³/mol. The van der Waals surface area contributed by atoms with E-state index in [4.69, 9.17) is 14.2 Å². The number of Topliss-reactive ketones (excluding diaryl/α,β-unsaturated/α-hetero) is 1. The van der Waals surface area contributed by atoms with Gasteiger partial charge in [-0.2, -0.15) is 0 Å². The van der Waals surface area contributed by atoms with Crippen molar-refractivity contribution in [3.8, 4) is 0 Å². The SMILES string of the molecule is CCCCCCCCCCCC1(OCCCCCC)OCC(=O)CO1. The maximum absolute atomic E-state index is 11.4. The van der Waals surface area contributed by atoms with E-state index in [2.05, 4.69) is 13.8 Å². The molecule has 0 aromatic heterocycles. The summed E-state index contributed by atoms with van der Waals surface area (Å²) in [6.07, 6.45) is 16.9. The Bertz CT molecular complexity index is 320. The molecule has 1 heterocycles. The van der Waals surface area contributed by atoms with Gasteiger partial charge in [-0.3, -0.25) is 4.79 Å². The number of hydrogen-bond donors (Lipinski definition) is 0. The van der Waals surface area contributed by atoms with Gasteiger partial charge in [0, 0.05) is 6.42 Å². The second-order valence-electron chi connectivity index (χ2n) is 7.29. The zero-order valence-corrected chi connectivity index (χ0v) is 16.7. The summed E-state index contributed by atoms with van der Waals surface area (Å²) >= 11 is 0. The molecular formula is C21H40O4. The molecule has 1 rings (SSSR count). The van der Waals surface area contributed by atoms with Gasteiger partial charge >= 0.3 is 0 Å². The standard InChI is InChI=1S/C21H40O4/c1-3-5-7-9-10-11-12-13-14-16-21(23-17-15-8-6-4-2)24-18-20(22)19-25-21/h3-19H2,1-2H3. The van der Waals surface area contributed by atoms with Crippen molar-refractivity contribution in [2.24, 2.45) is 0 Å². The van der Waals surface area contributed by atoms with Crippen LogP contribution < -0.4 is 0 Å². The largest absolute Gasteiger partial charge is 0.327 e. The molecule has 0 atom stereocenters. The van der Waals surface area contributed by atoms with Crippen LogP contribution in [-0.4, -0.2) is 31.6 Å². The highest BCUT2D eigenvalue weighted by Crippen LogP contribution is 2.27. The summed E-state index contributed by atoms with van der Waals surface area (Å²) in [4.78, 5) is 11.4. The molecule has 0 unspecified atom stereocenters. The van der Waals surface area contributed by atoms with E-state index in [0.717, 1.165) is 19.3 Å². The van der Waals surface area contributed by atoms with Crippen LogP contribution in [0.3, 0.4) is 0 Å². The first-order valence-corrected chi connectivity index (χ1v) is 10.7. The van der Waals surface area contributed by atoms with Crippen LogP contribution in [0.15, 0.2) is 0 Å². The van der Waals surface area contributed by atoms with Crippen LogP contribution in [0.4, 0.5) is 0 Å². The number of carbonyl (C=O) groups excluding carboxylic acids is 1. The zero-order chi connectivity index (χ0) is 18.2. The lowest BCUT2D eigenvalue weighted by atomic mass is 10.1. The maximum Gasteiger partial charge on any atom is 0.283 e. The predicted octanol–water partition coefficient (Wildman–Crippen LogP) is 5.77. The highest BCUT2D eigenvalue weighted by Gasteiger charge is 2.37. The molecule has 0 aromatic rings. The fourth-order valence-electron chi connectivity index (χ4n) is 3.17. The lowest BCUT2D eigenvalue weighted by Gasteiger charge is -2.36. The van der Waals surface area contributed by atoms with Gasteiger partial charge in [0.05, 0.1) is 6.61 Å². The molecule has 4 nitrogen and oxygen atoms in total. The van der Waals surface area contributed by atoms with Gasteiger partial charge in [-0.15, -0.1) is 0 Å². The van der Waals surface area contributed by atoms with Gasteiger partial charge in [0.15, 0.2) is 5.78 Å². The second-order valence-corrected chi connectivity index (χ2v) is 7.29. The van der Waals surface area contributed by atoms with Crippen molar-refractivity contribution in [3.05, 3.63) is 0 Å². The van der Waals surface area contributed by atoms with Crippen molar-refractivity contribution in [1.82, 2.24) is 0 Å².